The van der Waals surface area contributed by atoms with Crippen molar-refractivity contribution in [2.24, 2.45) is 16.3 Å². The monoisotopic (exact) mass is 245 g/mol. The topological polar surface area (TPSA) is 71.1 Å². The number of hydrogen-bond acceptors (Lipinski definition) is 4. The summed E-state index contributed by atoms with van der Waals surface area (Å²) in [5, 5.41) is 11.7. The number of nitrogens with two attached hydrogens (primary N) is 1. The molecule has 0 radical (unpaired) electrons. The van der Waals surface area contributed by atoms with Crippen LogP contribution in [-0.2, 0) is 4.74 Å². The number of hydrogen-bond donors (Lipinski definition) is 2. The van der Waals surface area contributed by atoms with Gasteiger partial charge in [0.15, 0.2) is 0 Å². The number of oxime groups is 1. The zero-order chi connectivity index (χ0) is 13.3. The molecule has 17 heavy (non-hydrogen) atoms. The number of unbranched alkanes of at least 4 members (excludes halogenated alkanes) is 1. The molecule has 0 aromatic rings. The molecule has 0 aliphatic heterocycles. The van der Waals surface area contributed by atoms with Crippen molar-refractivity contribution in [3.8, 4) is 0 Å². The molecule has 0 aliphatic carbocycles. The second-order valence-corrected chi connectivity index (χ2v) is 5.12. The molecule has 0 fully saturated rings. The molecule has 0 unspecified atom stereocenters. The average Bonchev–Trinajstić information content (AvgIpc) is 2.30. The van der Waals surface area contributed by atoms with Gasteiger partial charge in [-0.15, -0.1) is 0 Å². The van der Waals surface area contributed by atoms with Crippen LogP contribution in [0.2, 0.25) is 0 Å². The SMILES string of the molecule is COCCN(C)CCCCC(C)(C)C(N)=NO. The quantitative estimate of drug-likeness (QED) is 0.212. The van der Waals surface area contributed by atoms with Gasteiger partial charge in [-0.3, -0.25) is 0 Å². The molecule has 0 atom stereocenters. The first-order valence-corrected chi connectivity index (χ1v) is 6.09. The van der Waals surface area contributed by atoms with Gasteiger partial charge < -0.3 is 20.6 Å². The standard InChI is InChI=1S/C12H27N3O2/c1-12(2,11(13)14-16)7-5-6-8-15(3)9-10-17-4/h16H,5-10H2,1-4H3,(H2,13,14). The van der Waals surface area contributed by atoms with Gasteiger partial charge >= 0.3 is 0 Å². The number of amidine groups is 1. The summed E-state index contributed by atoms with van der Waals surface area (Å²) in [7, 11) is 3.81. The van der Waals surface area contributed by atoms with Crippen LogP contribution in [-0.4, -0.2) is 49.8 Å². The van der Waals surface area contributed by atoms with Crippen LogP contribution in [0.1, 0.15) is 33.1 Å². The van der Waals surface area contributed by atoms with Crippen LogP contribution < -0.4 is 5.73 Å². The van der Waals surface area contributed by atoms with Crippen molar-refractivity contribution in [2.75, 3.05) is 33.9 Å². The van der Waals surface area contributed by atoms with Gasteiger partial charge in [-0.25, -0.2) is 0 Å². The summed E-state index contributed by atoms with van der Waals surface area (Å²) in [6.07, 6.45) is 3.11. The molecule has 0 saturated heterocycles. The van der Waals surface area contributed by atoms with Crippen LogP contribution in [0.3, 0.4) is 0 Å². The predicted octanol–water partition coefficient (Wildman–Crippen LogP) is 1.51. The highest BCUT2D eigenvalue weighted by molar-refractivity contribution is 5.85. The molecule has 0 rings (SSSR count). The Hall–Kier alpha value is -0.810. The number of nitrogens with zero attached hydrogens (tertiary/aromatic N) is 2. The van der Waals surface area contributed by atoms with Crippen molar-refractivity contribution in [3.63, 3.8) is 0 Å². The van der Waals surface area contributed by atoms with Crippen molar-refractivity contribution >= 4 is 5.84 Å². The number of rotatable bonds is 9. The van der Waals surface area contributed by atoms with Gasteiger partial charge in [0, 0.05) is 19.1 Å². The van der Waals surface area contributed by atoms with Crippen molar-refractivity contribution in [3.05, 3.63) is 0 Å². The summed E-state index contributed by atoms with van der Waals surface area (Å²) < 4.78 is 5.02. The third-order valence-corrected chi connectivity index (χ3v) is 3.07. The summed E-state index contributed by atoms with van der Waals surface area (Å²) in [6, 6.07) is 0. The molecular formula is C12H27N3O2. The average molecular weight is 245 g/mol. The lowest BCUT2D eigenvalue weighted by Gasteiger charge is -2.23. The van der Waals surface area contributed by atoms with E-state index >= 15 is 0 Å². The Balaban J connectivity index is 3.70. The zero-order valence-corrected chi connectivity index (χ0v) is 11.6. The Kier molecular flexibility index (Phi) is 7.91. The van der Waals surface area contributed by atoms with E-state index in [0.717, 1.165) is 39.0 Å². The Labute approximate surface area is 105 Å². The largest absolute Gasteiger partial charge is 0.409 e. The Morgan fingerprint density at radius 1 is 1.35 bits per heavy atom. The summed E-state index contributed by atoms with van der Waals surface area (Å²) in [6.45, 7) is 6.77. The fraction of sp³-hybridized carbons (Fsp3) is 0.917. The molecule has 5 nitrogen and oxygen atoms in total. The molecule has 102 valence electrons. The zero-order valence-electron chi connectivity index (χ0n) is 11.6. The Morgan fingerprint density at radius 2 is 2.00 bits per heavy atom. The summed E-state index contributed by atoms with van der Waals surface area (Å²) in [4.78, 5) is 2.25. The minimum absolute atomic E-state index is 0.222. The van der Waals surface area contributed by atoms with E-state index < -0.39 is 0 Å². The maximum Gasteiger partial charge on any atom is 0.144 e. The lowest BCUT2D eigenvalue weighted by Crippen LogP contribution is -2.32. The molecule has 0 heterocycles. The first-order valence-electron chi connectivity index (χ1n) is 6.09. The predicted molar refractivity (Wildman–Crippen MR) is 70.4 cm³/mol. The van der Waals surface area contributed by atoms with Gasteiger partial charge in [-0.05, 0) is 26.4 Å². The highest BCUT2D eigenvalue weighted by Gasteiger charge is 2.22. The van der Waals surface area contributed by atoms with E-state index in [4.69, 9.17) is 15.7 Å². The van der Waals surface area contributed by atoms with Crippen LogP contribution >= 0.6 is 0 Å². The lowest BCUT2D eigenvalue weighted by atomic mass is 9.86. The first kappa shape index (κ1) is 16.2. The minimum Gasteiger partial charge on any atom is -0.409 e. The maximum atomic E-state index is 8.65. The third-order valence-electron chi connectivity index (χ3n) is 3.07. The van der Waals surface area contributed by atoms with Crippen LogP contribution in [0, 0.1) is 5.41 Å². The highest BCUT2D eigenvalue weighted by Crippen LogP contribution is 2.23. The maximum absolute atomic E-state index is 8.65. The summed E-state index contributed by atoms with van der Waals surface area (Å²) in [5.74, 6) is 0.310. The fourth-order valence-electron chi connectivity index (χ4n) is 1.57. The number of ether oxygens (including phenoxy) is 1. The second-order valence-electron chi connectivity index (χ2n) is 5.12. The molecule has 0 aromatic carbocycles. The molecular weight excluding hydrogens is 218 g/mol. The Morgan fingerprint density at radius 3 is 2.53 bits per heavy atom. The summed E-state index contributed by atoms with van der Waals surface area (Å²) in [5.41, 5.74) is 5.41. The first-order chi connectivity index (χ1) is 7.94. The van der Waals surface area contributed by atoms with Gasteiger partial charge in [0.05, 0.1) is 6.61 Å². The lowest BCUT2D eigenvalue weighted by molar-refractivity contribution is 0.160. The molecule has 0 spiro atoms. The van der Waals surface area contributed by atoms with Gasteiger partial charge in [0.2, 0.25) is 0 Å². The van der Waals surface area contributed by atoms with Crippen molar-refractivity contribution < 1.29 is 9.94 Å². The van der Waals surface area contributed by atoms with E-state index in [9.17, 15) is 0 Å². The van der Waals surface area contributed by atoms with Gasteiger partial charge in [-0.2, -0.15) is 0 Å². The highest BCUT2D eigenvalue weighted by atomic mass is 16.5. The third kappa shape index (κ3) is 7.18. The van der Waals surface area contributed by atoms with Crippen molar-refractivity contribution in [2.45, 2.75) is 33.1 Å². The fourth-order valence-corrected chi connectivity index (χ4v) is 1.57. The van der Waals surface area contributed by atoms with E-state index in [2.05, 4.69) is 17.1 Å². The molecule has 0 aromatic heterocycles. The number of likely N-dealkylation sites (N-methyl/N-ethyl adjacent to an activating group) is 1. The van der Waals surface area contributed by atoms with Gasteiger partial charge in [-0.1, -0.05) is 25.4 Å². The normalized spacial score (nSPS) is 13.4. The van der Waals surface area contributed by atoms with E-state index in [1.54, 1.807) is 7.11 Å². The minimum atomic E-state index is -0.222. The molecule has 0 bridgehead atoms. The van der Waals surface area contributed by atoms with Crippen LogP contribution in [0.15, 0.2) is 5.16 Å². The Bertz CT molecular complexity index is 230. The van der Waals surface area contributed by atoms with Gasteiger partial charge in [0.1, 0.15) is 5.84 Å². The van der Waals surface area contributed by atoms with E-state index in [1.165, 1.54) is 0 Å². The smallest absolute Gasteiger partial charge is 0.144 e. The van der Waals surface area contributed by atoms with Crippen LogP contribution in [0.25, 0.3) is 0 Å². The van der Waals surface area contributed by atoms with E-state index in [-0.39, 0.29) is 5.41 Å². The summed E-state index contributed by atoms with van der Waals surface area (Å²) >= 11 is 0. The molecule has 5 heteroatoms. The second kappa shape index (κ2) is 8.31. The molecule has 0 saturated carbocycles. The van der Waals surface area contributed by atoms with E-state index in [0.29, 0.717) is 5.84 Å². The van der Waals surface area contributed by atoms with Crippen LogP contribution in [0.4, 0.5) is 0 Å². The molecule has 0 amide bonds. The number of methoxy groups -OCH3 is 1. The molecule has 3 N–H and O–H groups in total. The van der Waals surface area contributed by atoms with Crippen molar-refractivity contribution in [1.29, 1.82) is 0 Å². The van der Waals surface area contributed by atoms with E-state index in [1.807, 2.05) is 13.8 Å². The van der Waals surface area contributed by atoms with Gasteiger partial charge in [0.25, 0.3) is 0 Å². The van der Waals surface area contributed by atoms with Crippen molar-refractivity contribution in [1.82, 2.24) is 4.90 Å². The van der Waals surface area contributed by atoms with Crippen LogP contribution in [0.5, 0.6) is 0 Å². The molecule has 0 aliphatic rings.